The summed E-state index contributed by atoms with van der Waals surface area (Å²) >= 11 is 13.6. The zero-order valence-corrected chi connectivity index (χ0v) is 20.0. The molecule has 0 unspecified atom stereocenters. The largest absolute Gasteiger partial charge is 0.309 e. The van der Waals surface area contributed by atoms with E-state index in [-0.39, 0.29) is 5.56 Å². The molecule has 4 aromatic rings. The lowest BCUT2D eigenvalue weighted by Crippen LogP contribution is -2.11. The summed E-state index contributed by atoms with van der Waals surface area (Å²) in [5, 5.41) is 11.4. The van der Waals surface area contributed by atoms with Crippen LogP contribution in [0.4, 0.5) is 0 Å². The Labute approximate surface area is 200 Å². The Kier molecular flexibility index (Phi) is 7.50. The van der Waals surface area contributed by atoms with Gasteiger partial charge in [0.2, 0.25) is 0 Å². The van der Waals surface area contributed by atoms with Gasteiger partial charge in [0, 0.05) is 22.2 Å². The lowest BCUT2D eigenvalue weighted by atomic mass is 10.2. The van der Waals surface area contributed by atoms with Gasteiger partial charge in [-0.3, -0.25) is 4.79 Å². The van der Waals surface area contributed by atoms with E-state index in [1.807, 2.05) is 24.3 Å². The summed E-state index contributed by atoms with van der Waals surface area (Å²) in [5.74, 6) is 1.85. The first-order valence-electron chi connectivity index (χ1n) is 10.6. The van der Waals surface area contributed by atoms with Crippen molar-refractivity contribution in [1.29, 1.82) is 0 Å². The highest BCUT2D eigenvalue weighted by molar-refractivity contribution is 7.98. The molecule has 0 atom stereocenters. The second kappa shape index (κ2) is 10.5. The summed E-state index contributed by atoms with van der Waals surface area (Å²) in [6.45, 7) is 3.02. The van der Waals surface area contributed by atoms with Gasteiger partial charge in [-0.2, -0.15) is 0 Å². The van der Waals surface area contributed by atoms with Gasteiger partial charge in [0.1, 0.15) is 5.82 Å². The quantitative estimate of drug-likeness (QED) is 0.219. The Hall–Kier alpha value is -2.35. The molecule has 2 heterocycles. The summed E-state index contributed by atoms with van der Waals surface area (Å²) < 4.78 is 2.14. The molecule has 0 aliphatic carbocycles. The smallest absolute Gasteiger partial charge is 0.258 e. The second-order valence-corrected chi connectivity index (χ2v) is 9.30. The fourth-order valence-electron chi connectivity index (χ4n) is 3.47. The summed E-state index contributed by atoms with van der Waals surface area (Å²) in [5.41, 5.74) is 1.38. The monoisotopic (exact) mass is 487 g/mol. The number of halogens is 2. The number of rotatable bonds is 9. The van der Waals surface area contributed by atoms with Crippen molar-refractivity contribution >= 4 is 45.9 Å². The van der Waals surface area contributed by atoms with Gasteiger partial charge in [0.15, 0.2) is 11.0 Å². The number of thioether (sulfide) groups is 1. The summed E-state index contributed by atoms with van der Waals surface area (Å²) in [7, 11) is 0. The molecule has 0 saturated carbocycles. The third kappa shape index (κ3) is 5.34. The van der Waals surface area contributed by atoms with Crippen LogP contribution in [0.5, 0.6) is 0 Å². The number of aromatic nitrogens is 5. The molecule has 0 radical (unpaired) electrons. The van der Waals surface area contributed by atoms with Crippen molar-refractivity contribution in [1.82, 2.24) is 24.7 Å². The van der Waals surface area contributed by atoms with Crippen LogP contribution in [0.15, 0.2) is 52.4 Å². The number of hydrogen-bond acceptors (Lipinski definition) is 5. The highest BCUT2D eigenvalue weighted by Crippen LogP contribution is 2.27. The topological polar surface area (TPSA) is 76.5 Å². The predicted molar refractivity (Wildman–Crippen MR) is 132 cm³/mol. The SMILES string of the molecule is CCCCCCn1c(SCc2nc3cc(Cl)ccc3c(=O)[nH]2)nnc1-c1ccc(Cl)cc1. The lowest BCUT2D eigenvalue weighted by molar-refractivity contribution is 0.556. The molecular formula is C23H23Cl2N5OS. The summed E-state index contributed by atoms with van der Waals surface area (Å²) in [6, 6.07) is 12.7. The van der Waals surface area contributed by atoms with E-state index in [1.165, 1.54) is 24.6 Å². The molecule has 0 spiro atoms. The molecule has 0 aliphatic rings. The van der Waals surface area contributed by atoms with Crippen molar-refractivity contribution in [3.8, 4) is 11.4 Å². The number of fused-ring (bicyclic) bond motifs is 1. The molecule has 4 rings (SSSR count). The van der Waals surface area contributed by atoms with Crippen molar-refractivity contribution in [2.24, 2.45) is 0 Å². The normalized spacial score (nSPS) is 11.3. The fraction of sp³-hybridized carbons (Fsp3) is 0.304. The maximum atomic E-state index is 12.4. The fourth-order valence-corrected chi connectivity index (χ4v) is 4.60. The molecule has 0 bridgehead atoms. The molecule has 166 valence electrons. The standard InChI is InChI=1S/C23H23Cl2N5OS/c1-2-3-4-5-12-30-21(15-6-8-16(24)9-7-15)28-29-23(30)32-14-20-26-19-13-17(25)10-11-18(19)22(31)27-20/h6-11,13H,2-5,12,14H2,1H3,(H,26,27,31). The minimum absolute atomic E-state index is 0.176. The van der Waals surface area contributed by atoms with E-state index in [0.717, 1.165) is 35.9 Å². The van der Waals surface area contributed by atoms with Crippen LogP contribution in [0.25, 0.3) is 22.3 Å². The van der Waals surface area contributed by atoms with Crippen molar-refractivity contribution < 1.29 is 0 Å². The lowest BCUT2D eigenvalue weighted by Gasteiger charge is -2.10. The van der Waals surface area contributed by atoms with E-state index in [2.05, 4.69) is 31.7 Å². The zero-order valence-electron chi connectivity index (χ0n) is 17.6. The Morgan fingerprint density at radius 3 is 2.56 bits per heavy atom. The van der Waals surface area contributed by atoms with Crippen LogP contribution in [0.2, 0.25) is 10.0 Å². The van der Waals surface area contributed by atoms with Gasteiger partial charge in [0.25, 0.3) is 5.56 Å². The number of nitrogens with zero attached hydrogens (tertiary/aromatic N) is 4. The molecule has 32 heavy (non-hydrogen) atoms. The number of hydrogen-bond donors (Lipinski definition) is 1. The van der Waals surface area contributed by atoms with Crippen LogP contribution in [0, 0.1) is 0 Å². The van der Waals surface area contributed by atoms with Gasteiger partial charge in [-0.1, -0.05) is 61.1 Å². The molecule has 1 N–H and O–H groups in total. The van der Waals surface area contributed by atoms with Gasteiger partial charge in [-0.05, 0) is 48.9 Å². The van der Waals surface area contributed by atoms with Crippen LogP contribution in [-0.2, 0) is 12.3 Å². The van der Waals surface area contributed by atoms with Crippen molar-refractivity contribution in [2.75, 3.05) is 0 Å². The maximum Gasteiger partial charge on any atom is 0.258 e. The van der Waals surface area contributed by atoms with Crippen LogP contribution in [0.3, 0.4) is 0 Å². The third-order valence-electron chi connectivity index (χ3n) is 5.11. The number of benzene rings is 2. The minimum atomic E-state index is -0.176. The number of aromatic amines is 1. The molecule has 6 nitrogen and oxygen atoms in total. The molecule has 0 aliphatic heterocycles. The molecule has 0 amide bonds. The van der Waals surface area contributed by atoms with Crippen molar-refractivity contribution in [3.05, 3.63) is 68.7 Å². The van der Waals surface area contributed by atoms with E-state index >= 15 is 0 Å². The average Bonchev–Trinajstić information content (AvgIpc) is 3.18. The van der Waals surface area contributed by atoms with Crippen LogP contribution in [0.1, 0.15) is 38.4 Å². The molecule has 0 saturated heterocycles. The summed E-state index contributed by atoms with van der Waals surface area (Å²) in [6.07, 6.45) is 4.58. The van der Waals surface area contributed by atoms with E-state index in [0.29, 0.717) is 32.5 Å². The van der Waals surface area contributed by atoms with E-state index in [9.17, 15) is 4.79 Å². The van der Waals surface area contributed by atoms with Gasteiger partial charge in [0.05, 0.1) is 16.7 Å². The van der Waals surface area contributed by atoms with Crippen LogP contribution < -0.4 is 5.56 Å². The highest BCUT2D eigenvalue weighted by Gasteiger charge is 2.15. The molecule has 2 aromatic heterocycles. The minimum Gasteiger partial charge on any atom is -0.309 e. The van der Waals surface area contributed by atoms with Crippen LogP contribution in [-0.4, -0.2) is 24.7 Å². The number of unbranched alkanes of at least 4 members (excludes halogenated alkanes) is 3. The van der Waals surface area contributed by atoms with Gasteiger partial charge in [-0.25, -0.2) is 4.98 Å². The molecule has 2 aromatic carbocycles. The summed E-state index contributed by atoms with van der Waals surface area (Å²) in [4.78, 5) is 19.8. The van der Waals surface area contributed by atoms with E-state index in [1.54, 1.807) is 18.2 Å². The molecule has 0 fully saturated rings. The van der Waals surface area contributed by atoms with Crippen molar-refractivity contribution in [3.63, 3.8) is 0 Å². The first kappa shape index (κ1) is 22.8. The Bertz CT molecular complexity index is 1270. The van der Waals surface area contributed by atoms with E-state index in [4.69, 9.17) is 23.2 Å². The van der Waals surface area contributed by atoms with Gasteiger partial charge in [-0.15, -0.1) is 10.2 Å². The first-order chi connectivity index (χ1) is 15.5. The number of H-pyrrole nitrogens is 1. The molecular weight excluding hydrogens is 465 g/mol. The van der Waals surface area contributed by atoms with Gasteiger partial charge < -0.3 is 9.55 Å². The molecule has 9 heteroatoms. The Morgan fingerprint density at radius 2 is 1.78 bits per heavy atom. The third-order valence-corrected chi connectivity index (χ3v) is 6.58. The second-order valence-electron chi connectivity index (χ2n) is 7.49. The number of nitrogens with one attached hydrogen (secondary N) is 1. The van der Waals surface area contributed by atoms with Crippen molar-refractivity contribution in [2.45, 2.75) is 50.1 Å². The Balaban J connectivity index is 1.59. The maximum absolute atomic E-state index is 12.4. The first-order valence-corrected chi connectivity index (χ1v) is 12.3. The Morgan fingerprint density at radius 1 is 1.00 bits per heavy atom. The average molecular weight is 488 g/mol. The van der Waals surface area contributed by atoms with Gasteiger partial charge >= 0.3 is 0 Å². The van der Waals surface area contributed by atoms with E-state index < -0.39 is 0 Å². The highest BCUT2D eigenvalue weighted by atomic mass is 35.5. The van der Waals surface area contributed by atoms with Crippen LogP contribution >= 0.6 is 35.0 Å². The zero-order chi connectivity index (χ0) is 22.5. The predicted octanol–water partition coefficient (Wildman–Crippen LogP) is 6.36.